The van der Waals surface area contributed by atoms with E-state index in [1.54, 1.807) is 6.20 Å². The monoisotopic (exact) mass is 219 g/mol. The van der Waals surface area contributed by atoms with Gasteiger partial charge in [-0.2, -0.15) is 0 Å². The molecule has 1 fully saturated rings. The average molecular weight is 219 g/mol. The minimum Gasteiger partial charge on any atom is -0.385 e. The van der Waals surface area contributed by atoms with Crippen molar-refractivity contribution in [2.24, 2.45) is 5.92 Å². The number of hydrogen-bond donors (Lipinski definition) is 1. The summed E-state index contributed by atoms with van der Waals surface area (Å²) in [7, 11) is 0. The summed E-state index contributed by atoms with van der Waals surface area (Å²) in [6.07, 6.45) is 9.10. The van der Waals surface area contributed by atoms with Gasteiger partial charge in [-0.15, -0.1) is 0 Å². The Morgan fingerprint density at radius 3 is 3.00 bits per heavy atom. The first kappa shape index (κ1) is 11.6. The third-order valence-corrected chi connectivity index (χ3v) is 4.03. The van der Waals surface area contributed by atoms with Crippen LogP contribution in [0.4, 0.5) is 0 Å². The van der Waals surface area contributed by atoms with E-state index < -0.39 is 5.60 Å². The molecule has 1 saturated carbocycles. The lowest BCUT2D eigenvalue weighted by molar-refractivity contribution is -0.0564. The van der Waals surface area contributed by atoms with Crippen molar-refractivity contribution < 1.29 is 5.11 Å². The zero-order chi connectivity index (χ0) is 11.6. The topological polar surface area (TPSA) is 33.1 Å². The Morgan fingerprint density at radius 1 is 1.50 bits per heavy atom. The number of nitrogens with zero attached hydrogens (tertiary/aromatic N) is 1. The number of aromatic nitrogens is 1. The van der Waals surface area contributed by atoms with Crippen LogP contribution in [0.3, 0.4) is 0 Å². The molecule has 1 N–H and O–H groups in total. The fraction of sp³-hybridized carbons (Fsp3) is 0.643. The Balaban J connectivity index is 2.39. The molecule has 0 amide bonds. The number of aryl methyl sites for hydroxylation is 1. The lowest BCUT2D eigenvalue weighted by Gasteiger charge is -2.40. The predicted octanol–water partition coefficient (Wildman–Crippen LogP) is 3.18. The van der Waals surface area contributed by atoms with Gasteiger partial charge in [-0.1, -0.05) is 26.2 Å². The van der Waals surface area contributed by atoms with Gasteiger partial charge >= 0.3 is 0 Å². The van der Waals surface area contributed by atoms with Crippen LogP contribution in [-0.2, 0) is 5.60 Å². The van der Waals surface area contributed by atoms with Crippen LogP contribution in [0.2, 0.25) is 0 Å². The Hall–Kier alpha value is -0.890. The Kier molecular flexibility index (Phi) is 3.29. The lowest BCUT2D eigenvalue weighted by atomic mass is 9.70. The van der Waals surface area contributed by atoms with E-state index >= 15 is 0 Å². The van der Waals surface area contributed by atoms with E-state index in [4.69, 9.17) is 0 Å². The second-order valence-corrected chi connectivity index (χ2v) is 4.97. The van der Waals surface area contributed by atoms with E-state index in [-0.39, 0.29) is 0 Å². The van der Waals surface area contributed by atoms with Crippen molar-refractivity contribution in [1.82, 2.24) is 4.98 Å². The molecule has 0 spiro atoms. The van der Waals surface area contributed by atoms with Crippen molar-refractivity contribution in [3.05, 3.63) is 29.6 Å². The molecule has 0 aliphatic heterocycles. The van der Waals surface area contributed by atoms with Gasteiger partial charge in [0.15, 0.2) is 0 Å². The molecule has 2 atom stereocenters. The number of rotatable bonds is 2. The van der Waals surface area contributed by atoms with Gasteiger partial charge in [0.25, 0.3) is 0 Å². The van der Waals surface area contributed by atoms with Crippen LogP contribution >= 0.6 is 0 Å². The number of pyridine rings is 1. The molecule has 0 saturated heterocycles. The zero-order valence-corrected chi connectivity index (χ0v) is 10.2. The van der Waals surface area contributed by atoms with E-state index in [1.807, 2.05) is 12.3 Å². The van der Waals surface area contributed by atoms with Crippen LogP contribution in [0, 0.1) is 12.8 Å². The summed E-state index contributed by atoms with van der Waals surface area (Å²) in [5, 5.41) is 10.9. The quantitative estimate of drug-likeness (QED) is 0.828. The number of hydrogen-bond acceptors (Lipinski definition) is 2. The van der Waals surface area contributed by atoms with Crippen molar-refractivity contribution in [3.63, 3.8) is 0 Å². The molecule has 2 nitrogen and oxygen atoms in total. The van der Waals surface area contributed by atoms with Gasteiger partial charge in [0.05, 0.1) is 5.60 Å². The van der Waals surface area contributed by atoms with Crippen LogP contribution in [-0.4, -0.2) is 10.1 Å². The largest absolute Gasteiger partial charge is 0.385 e. The van der Waals surface area contributed by atoms with Crippen molar-refractivity contribution in [3.8, 4) is 0 Å². The third kappa shape index (κ3) is 1.86. The van der Waals surface area contributed by atoms with Gasteiger partial charge in [-0.25, -0.2) is 0 Å². The summed E-state index contributed by atoms with van der Waals surface area (Å²) in [4.78, 5) is 4.17. The molecule has 16 heavy (non-hydrogen) atoms. The standard InChI is InChI=1S/C14H21NO/c1-3-12-6-4-5-8-14(12,16)13-10-15-9-7-11(13)2/h7,9-10,12,16H,3-6,8H2,1-2H3. The molecule has 88 valence electrons. The first-order chi connectivity index (χ1) is 7.68. The summed E-state index contributed by atoms with van der Waals surface area (Å²) >= 11 is 0. The van der Waals surface area contributed by atoms with E-state index in [2.05, 4.69) is 18.8 Å². The highest BCUT2D eigenvalue weighted by Crippen LogP contribution is 2.43. The molecule has 1 aliphatic rings. The van der Waals surface area contributed by atoms with Crippen molar-refractivity contribution in [2.45, 2.75) is 51.6 Å². The van der Waals surface area contributed by atoms with Crippen LogP contribution < -0.4 is 0 Å². The van der Waals surface area contributed by atoms with E-state index in [9.17, 15) is 5.11 Å². The molecule has 2 heteroatoms. The second kappa shape index (κ2) is 4.54. The Morgan fingerprint density at radius 2 is 2.31 bits per heavy atom. The molecule has 1 aromatic rings. The van der Waals surface area contributed by atoms with Crippen LogP contribution in [0.15, 0.2) is 18.5 Å². The first-order valence-electron chi connectivity index (χ1n) is 6.32. The fourth-order valence-electron chi connectivity index (χ4n) is 3.04. The highest BCUT2D eigenvalue weighted by atomic mass is 16.3. The van der Waals surface area contributed by atoms with Gasteiger partial charge in [0, 0.05) is 18.0 Å². The third-order valence-electron chi connectivity index (χ3n) is 4.03. The summed E-state index contributed by atoms with van der Waals surface area (Å²) in [5.41, 5.74) is 1.57. The van der Waals surface area contributed by atoms with Crippen molar-refractivity contribution in [2.75, 3.05) is 0 Å². The maximum atomic E-state index is 10.9. The first-order valence-corrected chi connectivity index (χ1v) is 6.32. The van der Waals surface area contributed by atoms with Gasteiger partial charge in [-0.05, 0) is 37.3 Å². The minimum absolute atomic E-state index is 0.393. The van der Waals surface area contributed by atoms with E-state index in [0.717, 1.165) is 36.8 Å². The fourth-order valence-corrected chi connectivity index (χ4v) is 3.04. The van der Waals surface area contributed by atoms with Gasteiger partial charge < -0.3 is 5.11 Å². The highest BCUT2D eigenvalue weighted by molar-refractivity contribution is 5.29. The van der Waals surface area contributed by atoms with Gasteiger partial charge in [-0.3, -0.25) is 4.98 Å². The predicted molar refractivity (Wildman–Crippen MR) is 65.1 cm³/mol. The molecule has 1 heterocycles. The maximum Gasteiger partial charge on any atom is 0.0941 e. The smallest absolute Gasteiger partial charge is 0.0941 e. The molecular formula is C14H21NO. The van der Waals surface area contributed by atoms with Gasteiger partial charge in [0.2, 0.25) is 0 Å². The maximum absolute atomic E-state index is 10.9. The molecule has 1 aromatic heterocycles. The van der Waals surface area contributed by atoms with Gasteiger partial charge in [0.1, 0.15) is 0 Å². The zero-order valence-electron chi connectivity index (χ0n) is 10.2. The molecule has 0 radical (unpaired) electrons. The molecule has 0 aromatic carbocycles. The van der Waals surface area contributed by atoms with Crippen molar-refractivity contribution in [1.29, 1.82) is 0 Å². The van der Waals surface area contributed by atoms with E-state index in [1.165, 1.54) is 6.42 Å². The summed E-state index contributed by atoms with van der Waals surface area (Å²) in [6, 6.07) is 1.99. The number of aliphatic hydroxyl groups is 1. The van der Waals surface area contributed by atoms with Crippen LogP contribution in [0.5, 0.6) is 0 Å². The highest BCUT2D eigenvalue weighted by Gasteiger charge is 2.40. The normalized spacial score (nSPS) is 30.3. The summed E-state index contributed by atoms with van der Waals surface area (Å²) in [6.45, 7) is 4.24. The molecule has 0 bridgehead atoms. The SMILES string of the molecule is CCC1CCCCC1(O)c1cnccc1C. The lowest BCUT2D eigenvalue weighted by Crippen LogP contribution is -2.38. The van der Waals surface area contributed by atoms with Crippen molar-refractivity contribution >= 4 is 0 Å². The van der Waals surface area contributed by atoms with Crippen LogP contribution in [0.1, 0.15) is 50.2 Å². The Labute approximate surface area is 97.7 Å². The molecular weight excluding hydrogens is 198 g/mol. The van der Waals surface area contributed by atoms with Crippen LogP contribution in [0.25, 0.3) is 0 Å². The molecule has 2 rings (SSSR count). The molecule has 1 aliphatic carbocycles. The Bertz CT molecular complexity index is 364. The summed E-state index contributed by atoms with van der Waals surface area (Å²) in [5.74, 6) is 0.393. The molecule has 2 unspecified atom stereocenters. The summed E-state index contributed by atoms with van der Waals surface area (Å²) < 4.78 is 0. The van der Waals surface area contributed by atoms with E-state index in [0.29, 0.717) is 5.92 Å². The second-order valence-electron chi connectivity index (χ2n) is 4.97. The average Bonchev–Trinajstić information content (AvgIpc) is 2.30. The minimum atomic E-state index is -0.634.